The third-order valence-corrected chi connectivity index (χ3v) is 21.5. The molecule has 3 aliphatic heterocycles. The van der Waals surface area contributed by atoms with Gasteiger partial charge in [-0.25, -0.2) is 0 Å². The highest BCUT2D eigenvalue weighted by atomic mass is 35.5. The van der Waals surface area contributed by atoms with Gasteiger partial charge < -0.3 is 60.0 Å². The molecule has 28 heteroatoms. The molecule has 3 saturated heterocycles. The summed E-state index contributed by atoms with van der Waals surface area (Å²) in [6.07, 6.45) is 2.62. The van der Waals surface area contributed by atoms with Crippen LogP contribution < -0.4 is 16.0 Å². The molecule has 1 aromatic carbocycles. The van der Waals surface area contributed by atoms with Crippen molar-refractivity contribution in [1.29, 1.82) is 0 Å². The summed E-state index contributed by atoms with van der Waals surface area (Å²) < 4.78 is 41.5. The fourth-order valence-electron chi connectivity index (χ4n) is 14.5. The van der Waals surface area contributed by atoms with E-state index < -0.39 is 179 Å². The van der Waals surface area contributed by atoms with Gasteiger partial charge in [0.05, 0.1) is 23.6 Å². The predicted molar refractivity (Wildman–Crippen MR) is 362 cm³/mol. The second-order valence-electron chi connectivity index (χ2n) is 29.1. The lowest BCUT2D eigenvalue weighted by Gasteiger charge is -2.45. The fourth-order valence-corrected chi connectivity index (χ4v) is 14.8. The number of carbonyl (C=O) groups is 12. The van der Waals surface area contributed by atoms with E-state index in [1.807, 2.05) is 20.8 Å². The first kappa shape index (κ1) is 79.9. The van der Waals surface area contributed by atoms with Crippen molar-refractivity contribution in [2.45, 2.75) is 231 Å². The van der Waals surface area contributed by atoms with Gasteiger partial charge >= 0.3 is 6.18 Å². The van der Waals surface area contributed by atoms with Gasteiger partial charge in [-0.05, 0) is 112 Å². The number of likely N-dealkylation sites (N-methyl/N-ethyl adjacent to an activating group) is 7. The Kier molecular flexibility index (Phi) is 28.4. The van der Waals surface area contributed by atoms with Crippen molar-refractivity contribution >= 4 is 82.5 Å². The number of hydrogen-bond acceptors (Lipinski definition) is 12. The van der Waals surface area contributed by atoms with Gasteiger partial charge in [-0.3, -0.25) is 57.5 Å². The Hall–Kier alpha value is -7.06. The molecule has 0 aromatic heterocycles. The lowest BCUT2D eigenvalue weighted by atomic mass is 9.84. The van der Waals surface area contributed by atoms with Crippen molar-refractivity contribution in [2.24, 2.45) is 29.6 Å². The summed E-state index contributed by atoms with van der Waals surface area (Å²) in [7, 11) is 11.5. The molecule has 0 spiro atoms. The Balaban J connectivity index is 1.43. The first-order valence-electron chi connectivity index (χ1n) is 35.1. The third-order valence-electron chi connectivity index (χ3n) is 21.2. The molecule has 24 nitrogen and oxygen atoms in total. The molecule has 3 heterocycles. The van der Waals surface area contributed by atoms with Gasteiger partial charge in [-0.1, -0.05) is 111 Å². The van der Waals surface area contributed by atoms with E-state index in [-0.39, 0.29) is 63.5 Å². The van der Waals surface area contributed by atoms with Gasteiger partial charge in [0, 0.05) is 69.5 Å². The minimum Gasteiger partial charge on any atom is -0.347 e. The number of nitrogens with zero attached hydrogens (tertiary/aromatic N) is 9. The van der Waals surface area contributed by atoms with Crippen LogP contribution in [0.5, 0.6) is 0 Å². The molecule has 1 aromatic rings. The summed E-state index contributed by atoms with van der Waals surface area (Å²) in [6, 6.07) is -9.16. The van der Waals surface area contributed by atoms with Crippen LogP contribution in [0.25, 0.3) is 0 Å². The number of rotatable bonds is 12. The Morgan fingerprint density at radius 3 is 1.80 bits per heavy atom. The van der Waals surface area contributed by atoms with E-state index >= 15 is 14.4 Å². The molecular formula is C70H108ClF3N12O12. The second-order valence-corrected chi connectivity index (χ2v) is 29.5. The smallest absolute Gasteiger partial charge is 0.347 e. The van der Waals surface area contributed by atoms with E-state index in [0.717, 1.165) is 66.9 Å². The molecule has 0 unspecified atom stereocenters. The van der Waals surface area contributed by atoms with Gasteiger partial charge in [-0.15, -0.1) is 0 Å². The van der Waals surface area contributed by atoms with Crippen molar-refractivity contribution in [3.8, 4) is 0 Å². The van der Waals surface area contributed by atoms with Crippen molar-refractivity contribution in [3.05, 3.63) is 34.3 Å². The van der Waals surface area contributed by atoms with Crippen LogP contribution in [0.4, 0.5) is 13.2 Å². The lowest BCUT2D eigenvalue weighted by Crippen LogP contribution is -2.65. The first-order valence-corrected chi connectivity index (χ1v) is 35.5. The van der Waals surface area contributed by atoms with Crippen LogP contribution in [0.15, 0.2) is 18.2 Å². The van der Waals surface area contributed by atoms with Crippen molar-refractivity contribution in [1.82, 2.24) is 60.0 Å². The van der Waals surface area contributed by atoms with Crippen LogP contribution >= 0.6 is 11.6 Å². The molecule has 11 atom stereocenters. The molecular weight excluding hydrogens is 1290 g/mol. The first-order chi connectivity index (χ1) is 45.9. The molecule has 5 aliphatic rings. The summed E-state index contributed by atoms with van der Waals surface area (Å²) in [5.74, 6) is -9.60. The molecule has 98 heavy (non-hydrogen) atoms. The van der Waals surface area contributed by atoms with Crippen molar-refractivity contribution in [2.75, 3.05) is 76.0 Å². The largest absolute Gasteiger partial charge is 0.417 e. The maximum absolute atomic E-state index is 15.4. The number of halogens is 4. The van der Waals surface area contributed by atoms with Gasteiger partial charge in [0.25, 0.3) is 0 Å². The molecule has 0 radical (unpaired) electrons. The number of aryl methyl sites for hydroxylation is 1. The van der Waals surface area contributed by atoms with Crippen molar-refractivity contribution < 1.29 is 70.7 Å². The van der Waals surface area contributed by atoms with Crippen LogP contribution in [-0.4, -0.2) is 251 Å². The average Bonchev–Trinajstić information content (AvgIpc) is 0.796. The standard InChI is InChI=1S/C70H108ClF3N12O12/c1-16-42(6)58-68(97)80(11)43(7)62(91)86-34-32-51(86)66(95)82(13)53(37-44-23-18-17-19-24-44)65(94)79(10)39-55(87)75-49(31-29-45-28-30-47(48(71)36-45)70(72,73)74)63(92)85-33-22-27-50(85)60(89)76-57(41(4)5)67(96)84(15)59(46-25-20-21-26-46)69(98)83(14)54(64(93)78(8)9)38-56(88)81(12)52(35-40(2)3)61(90)77-58/h28,30,36,40-44,46,49-54,57-59H,16-27,29,31-35,37-39H2,1-15H3,(H,75,87)(H,76,89)(H,77,90)/t42-,43-,49-,50-,51-,52-,53-,54-,57-,58-,59-/m0/s1. The Morgan fingerprint density at radius 1 is 0.633 bits per heavy atom. The third kappa shape index (κ3) is 19.3. The highest BCUT2D eigenvalue weighted by molar-refractivity contribution is 6.31. The zero-order valence-electron chi connectivity index (χ0n) is 60.2. The molecule has 548 valence electrons. The van der Waals surface area contributed by atoms with E-state index in [4.69, 9.17) is 11.6 Å². The van der Waals surface area contributed by atoms with Crippen molar-refractivity contribution in [3.63, 3.8) is 0 Å². The Morgan fingerprint density at radius 2 is 1.23 bits per heavy atom. The average molecular weight is 1400 g/mol. The minimum atomic E-state index is -4.76. The molecule has 12 amide bonds. The molecule has 3 N–H and O–H groups in total. The number of hydrogen-bond donors (Lipinski definition) is 3. The van der Waals surface area contributed by atoms with Crippen LogP contribution in [-0.2, 0) is 70.1 Å². The van der Waals surface area contributed by atoms with Crippen LogP contribution in [0.2, 0.25) is 5.02 Å². The maximum atomic E-state index is 15.4. The summed E-state index contributed by atoms with van der Waals surface area (Å²) in [5.41, 5.74) is -0.781. The number of fused-ring (bicyclic) bond motifs is 2. The normalized spacial score (nSPS) is 27.7. The number of nitrogens with one attached hydrogen (secondary N) is 3. The predicted octanol–water partition coefficient (Wildman–Crippen LogP) is 5.35. The van der Waals surface area contributed by atoms with Gasteiger partial charge in [0.1, 0.15) is 60.4 Å². The number of alkyl halides is 3. The molecule has 0 bridgehead atoms. The van der Waals surface area contributed by atoms with Gasteiger partial charge in [0.2, 0.25) is 70.9 Å². The fraction of sp³-hybridized carbons (Fsp3) is 0.743. The van der Waals surface area contributed by atoms with Crippen LogP contribution in [0, 0.1) is 29.6 Å². The van der Waals surface area contributed by atoms with E-state index in [1.165, 1.54) is 104 Å². The Labute approximate surface area is 581 Å². The van der Waals surface area contributed by atoms with E-state index in [0.29, 0.717) is 31.2 Å². The lowest BCUT2D eigenvalue weighted by molar-refractivity contribution is -0.160. The zero-order chi connectivity index (χ0) is 73.1. The highest BCUT2D eigenvalue weighted by Gasteiger charge is 2.49. The Bertz CT molecular complexity index is 3070. The van der Waals surface area contributed by atoms with Gasteiger partial charge in [0.15, 0.2) is 0 Å². The number of carbonyl (C=O) groups excluding carboxylic acids is 12. The van der Waals surface area contributed by atoms with E-state index in [1.54, 1.807) is 20.8 Å². The van der Waals surface area contributed by atoms with E-state index in [2.05, 4.69) is 16.0 Å². The van der Waals surface area contributed by atoms with Crippen LogP contribution in [0.1, 0.15) is 169 Å². The quantitative estimate of drug-likeness (QED) is 0.239. The molecule has 5 fully saturated rings. The molecule has 2 aliphatic carbocycles. The molecule has 6 rings (SSSR count). The highest BCUT2D eigenvalue weighted by Crippen LogP contribution is 2.37. The second kappa shape index (κ2) is 34.8. The SMILES string of the molecule is CC[C@H](C)[C@@H]1NC(=O)[C@H](CC(C)C)N(C)C(=O)C[C@@H](C(=O)N(C)C)N(C)C(=O)[C@H](C2CCCC2)N(C)C(=O)[C@H](C(C)C)NC(=O)[C@@H]2CCCN2C(=O)[C@H](CCc2ccc(C(F)(F)F)c(Cl)c2)NC(=O)CN(C)C(=O)[C@H](CC2CCCCC2)N(C)C(=O)[C@@H]2CCN2C(=O)[C@H](C)N(C)C1=O. The summed E-state index contributed by atoms with van der Waals surface area (Å²) >= 11 is 6.14. The summed E-state index contributed by atoms with van der Waals surface area (Å²) in [5, 5.41) is 7.96. The summed E-state index contributed by atoms with van der Waals surface area (Å²) in [6.45, 7) is 11.8. The number of benzene rings is 1. The number of amides is 12. The maximum Gasteiger partial charge on any atom is 0.417 e. The monoisotopic (exact) mass is 1400 g/mol. The van der Waals surface area contributed by atoms with E-state index in [9.17, 15) is 56.3 Å². The minimum absolute atomic E-state index is 0.0210. The zero-order valence-corrected chi connectivity index (χ0v) is 60.9. The topological polar surface area (TPSA) is 270 Å². The van der Waals surface area contributed by atoms with Crippen LogP contribution in [0.3, 0.4) is 0 Å². The van der Waals surface area contributed by atoms with Gasteiger partial charge in [-0.2, -0.15) is 13.2 Å². The summed E-state index contributed by atoms with van der Waals surface area (Å²) in [4.78, 5) is 189. The molecule has 2 saturated carbocycles.